The van der Waals surface area contributed by atoms with E-state index in [4.69, 9.17) is 9.15 Å². The SMILES string of the molecule is CC(C)[C@H](NC(=O)OC(C)(C)C)C(O)c1nnc(C2(C)CC2)o1. The quantitative estimate of drug-likeness (QED) is 0.864. The minimum absolute atomic E-state index is 0.0376. The first-order valence-corrected chi connectivity index (χ1v) is 8.03. The van der Waals surface area contributed by atoms with Gasteiger partial charge in [0.15, 0.2) is 6.10 Å². The van der Waals surface area contributed by atoms with E-state index < -0.39 is 23.8 Å². The van der Waals surface area contributed by atoms with Gasteiger partial charge in [-0.25, -0.2) is 4.79 Å². The van der Waals surface area contributed by atoms with Crippen LogP contribution in [0.5, 0.6) is 0 Å². The Hall–Kier alpha value is -1.63. The Morgan fingerprint density at radius 1 is 1.35 bits per heavy atom. The first-order valence-electron chi connectivity index (χ1n) is 8.03. The molecule has 0 aliphatic heterocycles. The van der Waals surface area contributed by atoms with Crippen LogP contribution in [0.4, 0.5) is 4.79 Å². The second kappa shape index (κ2) is 6.11. The van der Waals surface area contributed by atoms with Crippen LogP contribution < -0.4 is 5.32 Å². The van der Waals surface area contributed by atoms with Crippen molar-refractivity contribution >= 4 is 6.09 Å². The number of carbonyl (C=O) groups is 1. The highest BCUT2D eigenvalue weighted by molar-refractivity contribution is 5.68. The molecule has 1 aliphatic carbocycles. The summed E-state index contributed by atoms with van der Waals surface area (Å²) in [6.07, 6.45) is 0.360. The molecular weight excluding hydrogens is 298 g/mol. The Kier molecular flexibility index (Phi) is 4.71. The van der Waals surface area contributed by atoms with Crippen LogP contribution in [0.3, 0.4) is 0 Å². The van der Waals surface area contributed by atoms with Gasteiger partial charge in [-0.15, -0.1) is 10.2 Å². The van der Waals surface area contributed by atoms with Gasteiger partial charge >= 0.3 is 6.09 Å². The summed E-state index contributed by atoms with van der Waals surface area (Å²) in [6, 6.07) is -0.579. The minimum Gasteiger partial charge on any atom is -0.444 e. The first kappa shape index (κ1) is 17.7. The maximum Gasteiger partial charge on any atom is 0.407 e. The van der Waals surface area contributed by atoms with Gasteiger partial charge in [0.1, 0.15) is 5.60 Å². The Labute approximate surface area is 136 Å². The van der Waals surface area contributed by atoms with E-state index in [0.717, 1.165) is 12.8 Å². The van der Waals surface area contributed by atoms with Gasteiger partial charge in [-0.05, 0) is 39.5 Å². The highest BCUT2D eigenvalue weighted by Crippen LogP contribution is 2.47. The zero-order valence-electron chi connectivity index (χ0n) is 14.7. The number of nitrogens with one attached hydrogen (secondary N) is 1. The lowest BCUT2D eigenvalue weighted by Crippen LogP contribution is -2.45. The molecule has 1 amide bonds. The molecule has 1 aromatic rings. The van der Waals surface area contributed by atoms with E-state index in [1.165, 1.54) is 0 Å². The van der Waals surface area contributed by atoms with Gasteiger partial charge in [0.25, 0.3) is 0 Å². The molecule has 0 spiro atoms. The largest absolute Gasteiger partial charge is 0.444 e. The highest BCUT2D eigenvalue weighted by Gasteiger charge is 2.45. The van der Waals surface area contributed by atoms with Gasteiger partial charge < -0.3 is 19.6 Å². The molecule has 1 heterocycles. The number of hydrogen-bond acceptors (Lipinski definition) is 6. The molecule has 1 aliphatic rings. The number of aliphatic hydroxyl groups is 1. The number of rotatable bonds is 5. The molecule has 1 saturated carbocycles. The second-order valence-electron chi connectivity index (χ2n) is 7.87. The van der Waals surface area contributed by atoms with Crippen LogP contribution >= 0.6 is 0 Å². The third-order valence-corrected chi connectivity index (χ3v) is 3.95. The molecule has 0 saturated heterocycles. The predicted octanol–water partition coefficient (Wildman–Crippen LogP) is 2.70. The van der Waals surface area contributed by atoms with Gasteiger partial charge in [0.2, 0.25) is 11.8 Å². The molecule has 2 N–H and O–H groups in total. The summed E-state index contributed by atoms with van der Waals surface area (Å²) < 4.78 is 10.9. The molecule has 1 fully saturated rings. The fraction of sp³-hybridized carbons (Fsp3) is 0.812. The van der Waals surface area contributed by atoms with E-state index in [1.807, 2.05) is 13.8 Å². The maximum atomic E-state index is 12.0. The average Bonchev–Trinajstić information content (AvgIpc) is 2.97. The van der Waals surface area contributed by atoms with Crippen LogP contribution in [0, 0.1) is 5.92 Å². The van der Waals surface area contributed by atoms with Crippen LogP contribution in [0.15, 0.2) is 4.42 Å². The predicted molar refractivity (Wildman–Crippen MR) is 83.8 cm³/mol. The van der Waals surface area contributed by atoms with Gasteiger partial charge in [0.05, 0.1) is 6.04 Å². The monoisotopic (exact) mass is 325 g/mol. The summed E-state index contributed by atoms with van der Waals surface area (Å²) in [7, 11) is 0. The Bertz CT molecular complexity index is 558. The molecular formula is C16H27N3O4. The third-order valence-electron chi connectivity index (χ3n) is 3.95. The fourth-order valence-electron chi connectivity index (χ4n) is 2.21. The van der Waals surface area contributed by atoms with Crippen LogP contribution in [0.25, 0.3) is 0 Å². The molecule has 0 bridgehead atoms. The fourth-order valence-corrected chi connectivity index (χ4v) is 2.21. The Morgan fingerprint density at radius 3 is 2.43 bits per heavy atom. The topological polar surface area (TPSA) is 97.5 Å². The molecule has 23 heavy (non-hydrogen) atoms. The van der Waals surface area contributed by atoms with E-state index in [0.29, 0.717) is 5.89 Å². The number of hydrogen-bond donors (Lipinski definition) is 2. The van der Waals surface area contributed by atoms with Crippen LogP contribution in [0.1, 0.15) is 72.3 Å². The zero-order valence-corrected chi connectivity index (χ0v) is 14.7. The van der Waals surface area contributed by atoms with Crippen molar-refractivity contribution in [3.05, 3.63) is 11.8 Å². The van der Waals surface area contributed by atoms with E-state index >= 15 is 0 Å². The van der Waals surface area contributed by atoms with Gasteiger partial charge in [-0.3, -0.25) is 0 Å². The second-order valence-corrected chi connectivity index (χ2v) is 7.87. The normalized spacial score (nSPS) is 19.3. The molecule has 7 heteroatoms. The van der Waals surface area contributed by atoms with Crippen molar-refractivity contribution < 1.29 is 19.1 Å². The Morgan fingerprint density at radius 2 is 1.96 bits per heavy atom. The van der Waals surface area contributed by atoms with Crippen LogP contribution in [-0.4, -0.2) is 33.0 Å². The third kappa shape index (κ3) is 4.43. The van der Waals surface area contributed by atoms with Crippen molar-refractivity contribution in [3.63, 3.8) is 0 Å². The summed E-state index contributed by atoms with van der Waals surface area (Å²) in [5.41, 5.74) is -0.661. The van der Waals surface area contributed by atoms with E-state index in [-0.39, 0.29) is 17.2 Å². The number of aromatic nitrogens is 2. The van der Waals surface area contributed by atoms with Crippen LogP contribution in [0.2, 0.25) is 0 Å². The summed E-state index contributed by atoms with van der Waals surface area (Å²) in [5, 5.41) is 21.2. The molecule has 0 radical (unpaired) electrons. The lowest BCUT2D eigenvalue weighted by molar-refractivity contribution is 0.0324. The molecule has 1 aromatic heterocycles. The number of carbonyl (C=O) groups excluding carboxylic acids is 1. The number of amides is 1. The molecule has 130 valence electrons. The van der Waals surface area contributed by atoms with Crippen molar-refractivity contribution in [1.82, 2.24) is 15.5 Å². The van der Waals surface area contributed by atoms with E-state index in [9.17, 15) is 9.90 Å². The minimum atomic E-state index is -1.08. The lowest BCUT2D eigenvalue weighted by atomic mass is 9.98. The van der Waals surface area contributed by atoms with Crippen molar-refractivity contribution in [3.8, 4) is 0 Å². The number of aliphatic hydroxyl groups excluding tert-OH is 1. The van der Waals surface area contributed by atoms with E-state index in [2.05, 4.69) is 22.4 Å². The van der Waals surface area contributed by atoms with Gasteiger partial charge in [-0.2, -0.15) is 0 Å². The molecule has 2 atom stereocenters. The summed E-state index contributed by atoms with van der Waals surface area (Å²) in [4.78, 5) is 12.0. The summed E-state index contributed by atoms with van der Waals surface area (Å²) in [6.45, 7) is 11.2. The highest BCUT2D eigenvalue weighted by atomic mass is 16.6. The molecule has 1 unspecified atom stereocenters. The summed E-state index contributed by atoms with van der Waals surface area (Å²) >= 11 is 0. The maximum absolute atomic E-state index is 12.0. The number of nitrogens with zero attached hydrogens (tertiary/aromatic N) is 2. The molecule has 0 aromatic carbocycles. The van der Waals surface area contributed by atoms with Crippen molar-refractivity contribution in [1.29, 1.82) is 0 Å². The number of alkyl carbamates (subject to hydrolysis) is 1. The smallest absolute Gasteiger partial charge is 0.407 e. The van der Waals surface area contributed by atoms with E-state index in [1.54, 1.807) is 20.8 Å². The first-order chi connectivity index (χ1) is 10.5. The lowest BCUT2D eigenvalue weighted by Gasteiger charge is -2.27. The van der Waals surface area contributed by atoms with Gasteiger partial charge in [-0.1, -0.05) is 20.8 Å². The number of ether oxygens (including phenoxy) is 1. The van der Waals surface area contributed by atoms with Crippen molar-refractivity contribution in [2.75, 3.05) is 0 Å². The average molecular weight is 325 g/mol. The van der Waals surface area contributed by atoms with Crippen molar-refractivity contribution in [2.24, 2.45) is 5.92 Å². The van der Waals surface area contributed by atoms with Gasteiger partial charge in [0, 0.05) is 5.41 Å². The van der Waals surface area contributed by atoms with Crippen molar-refractivity contribution in [2.45, 2.75) is 77.5 Å². The standard InChI is InChI=1S/C16H27N3O4/c1-9(2)10(17-14(21)23-15(3,4)5)11(20)12-18-19-13(22-12)16(6)7-8-16/h9-11,20H,7-8H2,1-6H3,(H,17,21)/t10-,11?/m0/s1. The Balaban J connectivity index is 2.07. The summed E-state index contributed by atoms with van der Waals surface area (Å²) in [5.74, 6) is 0.638. The molecule has 7 nitrogen and oxygen atoms in total. The van der Waals surface area contributed by atoms with Crippen LogP contribution in [-0.2, 0) is 10.2 Å². The molecule has 2 rings (SSSR count). The zero-order chi connectivity index (χ0) is 17.4.